The second kappa shape index (κ2) is 6.45. The summed E-state index contributed by atoms with van der Waals surface area (Å²) in [4.78, 5) is 23.0. The van der Waals surface area contributed by atoms with Crippen LogP contribution in [0.4, 0.5) is 10.2 Å². The molecule has 1 amide bonds. The van der Waals surface area contributed by atoms with Crippen LogP contribution in [0.2, 0.25) is 0 Å². The molecule has 0 saturated carbocycles. The lowest BCUT2D eigenvalue weighted by atomic mass is 10.1. The number of hydrogen-bond donors (Lipinski definition) is 3. The van der Waals surface area contributed by atoms with Crippen LogP contribution in [0.5, 0.6) is 0 Å². The van der Waals surface area contributed by atoms with Crippen molar-refractivity contribution in [1.82, 2.24) is 10.2 Å². The van der Waals surface area contributed by atoms with E-state index in [0.717, 1.165) is 12.1 Å². The SMILES string of the molecule is O=C(Nc1ccc(=O)[nH]n1)c1ccc(F)cc1C#CCO. The first-order valence-electron chi connectivity index (χ1n) is 5.86. The highest BCUT2D eigenvalue weighted by Crippen LogP contribution is 2.12. The zero-order valence-electron chi connectivity index (χ0n) is 10.7. The van der Waals surface area contributed by atoms with Crippen LogP contribution in [0.1, 0.15) is 15.9 Å². The van der Waals surface area contributed by atoms with Gasteiger partial charge in [0.15, 0.2) is 5.82 Å². The van der Waals surface area contributed by atoms with Crippen molar-refractivity contribution in [1.29, 1.82) is 0 Å². The maximum Gasteiger partial charge on any atom is 0.264 e. The lowest BCUT2D eigenvalue weighted by molar-refractivity contribution is 0.102. The van der Waals surface area contributed by atoms with Gasteiger partial charge < -0.3 is 10.4 Å². The van der Waals surface area contributed by atoms with Crippen LogP contribution in [-0.4, -0.2) is 27.8 Å². The van der Waals surface area contributed by atoms with Gasteiger partial charge in [0.1, 0.15) is 12.4 Å². The van der Waals surface area contributed by atoms with Gasteiger partial charge in [0.05, 0.1) is 5.56 Å². The van der Waals surface area contributed by atoms with Crippen molar-refractivity contribution in [3.63, 3.8) is 0 Å². The average Bonchev–Trinajstić information content (AvgIpc) is 2.47. The predicted molar refractivity (Wildman–Crippen MR) is 73.2 cm³/mol. The highest BCUT2D eigenvalue weighted by Gasteiger charge is 2.12. The molecule has 1 aromatic carbocycles. The van der Waals surface area contributed by atoms with Crippen molar-refractivity contribution in [3.8, 4) is 11.8 Å². The van der Waals surface area contributed by atoms with Gasteiger partial charge in [-0.3, -0.25) is 9.59 Å². The van der Waals surface area contributed by atoms with E-state index in [9.17, 15) is 14.0 Å². The number of nitrogens with zero attached hydrogens (tertiary/aromatic N) is 1. The van der Waals surface area contributed by atoms with Crippen LogP contribution >= 0.6 is 0 Å². The molecule has 21 heavy (non-hydrogen) atoms. The molecular weight excluding hydrogens is 277 g/mol. The minimum Gasteiger partial charge on any atom is -0.384 e. The van der Waals surface area contributed by atoms with Crippen LogP contribution in [0.3, 0.4) is 0 Å². The molecule has 0 aliphatic heterocycles. The number of aromatic nitrogens is 2. The number of benzene rings is 1. The minimum atomic E-state index is -0.559. The fraction of sp³-hybridized carbons (Fsp3) is 0.0714. The number of H-pyrrole nitrogens is 1. The van der Waals surface area contributed by atoms with Gasteiger partial charge >= 0.3 is 0 Å². The van der Waals surface area contributed by atoms with Gasteiger partial charge in [-0.25, -0.2) is 9.49 Å². The van der Waals surface area contributed by atoms with E-state index in [2.05, 4.69) is 27.4 Å². The molecule has 0 atom stereocenters. The summed E-state index contributed by atoms with van der Waals surface area (Å²) in [7, 11) is 0. The molecule has 0 fully saturated rings. The van der Waals surface area contributed by atoms with Gasteiger partial charge in [0, 0.05) is 11.6 Å². The fourth-order valence-corrected chi connectivity index (χ4v) is 1.55. The Hall–Kier alpha value is -2.98. The Bertz CT molecular complexity index is 770. The number of aliphatic hydroxyl groups is 1. The molecule has 7 heteroatoms. The van der Waals surface area contributed by atoms with Crippen molar-refractivity contribution in [2.24, 2.45) is 0 Å². The van der Waals surface area contributed by atoms with Crippen LogP contribution < -0.4 is 10.9 Å². The first-order valence-corrected chi connectivity index (χ1v) is 5.86. The Balaban J connectivity index is 2.30. The molecular formula is C14H10FN3O3. The molecule has 3 N–H and O–H groups in total. The summed E-state index contributed by atoms with van der Waals surface area (Å²) < 4.78 is 13.2. The van der Waals surface area contributed by atoms with Crippen molar-refractivity contribution < 1.29 is 14.3 Å². The zero-order valence-corrected chi connectivity index (χ0v) is 10.7. The maximum atomic E-state index is 13.2. The van der Waals surface area contributed by atoms with Gasteiger partial charge in [-0.15, -0.1) is 0 Å². The van der Waals surface area contributed by atoms with Gasteiger partial charge in [-0.1, -0.05) is 11.8 Å². The van der Waals surface area contributed by atoms with E-state index in [1.807, 2.05) is 0 Å². The Labute approximate surface area is 118 Å². The number of aromatic amines is 1. The van der Waals surface area contributed by atoms with Gasteiger partial charge in [-0.2, -0.15) is 5.10 Å². The van der Waals surface area contributed by atoms with Crippen molar-refractivity contribution >= 4 is 11.7 Å². The number of halogens is 1. The Kier molecular flexibility index (Phi) is 4.43. The molecule has 0 aliphatic rings. The third-order valence-corrected chi connectivity index (χ3v) is 2.45. The van der Waals surface area contributed by atoms with E-state index in [0.29, 0.717) is 0 Å². The number of hydrogen-bond acceptors (Lipinski definition) is 4. The molecule has 2 rings (SSSR count). The largest absolute Gasteiger partial charge is 0.384 e. The lowest BCUT2D eigenvalue weighted by Crippen LogP contribution is -2.17. The number of carbonyl (C=O) groups is 1. The highest BCUT2D eigenvalue weighted by molar-refractivity contribution is 6.05. The predicted octanol–water partition coefficient (Wildman–Crippen LogP) is 0.505. The van der Waals surface area contributed by atoms with Crippen molar-refractivity contribution in [3.05, 3.63) is 57.6 Å². The van der Waals surface area contributed by atoms with Crippen LogP contribution in [-0.2, 0) is 0 Å². The molecule has 0 radical (unpaired) electrons. The highest BCUT2D eigenvalue weighted by atomic mass is 19.1. The molecule has 0 saturated heterocycles. The van der Waals surface area contributed by atoms with Crippen molar-refractivity contribution in [2.75, 3.05) is 11.9 Å². The summed E-state index contributed by atoms with van der Waals surface area (Å²) in [5.74, 6) is 3.89. The van der Waals surface area contributed by atoms with E-state index in [4.69, 9.17) is 5.11 Å². The Morgan fingerprint density at radius 3 is 2.86 bits per heavy atom. The van der Waals surface area contributed by atoms with E-state index in [1.165, 1.54) is 18.2 Å². The summed E-state index contributed by atoms with van der Waals surface area (Å²) in [6.45, 7) is -0.404. The van der Waals surface area contributed by atoms with Crippen molar-refractivity contribution in [2.45, 2.75) is 0 Å². The molecule has 1 heterocycles. The summed E-state index contributed by atoms with van der Waals surface area (Å²) in [5, 5.41) is 16.9. The van der Waals surface area contributed by atoms with Crippen LogP contribution in [0.15, 0.2) is 35.1 Å². The zero-order chi connectivity index (χ0) is 15.2. The number of anilines is 1. The number of aliphatic hydroxyl groups excluding tert-OH is 1. The molecule has 1 aromatic heterocycles. The molecule has 0 bridgehead atoms. The average molecular weight is 287 g/mol. The Morgan fingerprint density at radius 2 is 2.19 bits per heavy atom. The fourth-order valence-electron chi connectivity index (χ4n) is 1.55. The summed E-state index contributed by atoms with van der Waals surface area (Å²) >= 11 is 0. The third-order valence-electron chi connectivity index (χ3n) is 2.45. The smallest absolute Gasteiger partial charge is 0.264 e. The first kappa shape index (κ1) is 14.4. The minimum absolute atomic E-state index is 0.130. The van der Waals surface area contributed by atoms with Crippen LogP contribution in [0.25, 0.3) is 0 Å². The maximum absolute atomic E-state index is 13.2. The summed E-state index contributed by atoms with van der Waals surface area (Å²) in [6.07, 6.45) is 0. The van der Waals surface area contributed by atoms with E-state index < -0.39 is 23.9 Å². The molecule has 2 aromatic rings. The molecule has 6 nitrogen and oxygen atoms in total. The second-order valence-electron chi connectivity index (χ2n) is 3.91. The quantitative estimate of drug-likeness (QED) is 0.701. The molecule has 0 unspecified atom stereocenters. The summed E-state index contributed by atoms with van der Waals surface area (Å²) in [6, 6.07) is 6.04. The number of carbonyl (C=O) groups excluding carboxylic acids is 1. The number of amides is 1. The lowest BCUT2D eigenvalue weighted by Gasteiger charge is -2.06. The molecule has 0 spiro atoms. The van der Waals surface area contributed by atoms with E-state index >= 15 is 0 Å². The standard InChI is InChI=1S/C14H10FN3O3/c15-10-3-4-11(9(8-10)2-1-7-19)14(21)16-12-5-6-13(20)18-17-12/h3-6,8,19H,7H2,(H,18,20)(H,16,17,21). The summed E-state index contributed by atoms with van der Waals surface area (Å²) in [5.41, 5.74) is -0.124. The number of nitrogens with one attached hydrogen (secondary N) is 2. The van der Waals surface area contributed by atoms with E-state index in [1.54, 1.807) is 0 Å². The van der Waals surface area contributed by atoms with Crippen LogP contribution in [0, 0.1) is 17.7 Å². The number of rotatable bonds is 2. The monoisotopic (exact) mass is 287 g/mol. The van der Waals surface area contributed by atoms with Gasteiger partial charge in [0.2, 0.25) is 0 Å². The third kappa shape index (κ3) is 3.75. The Morgan fingerprint density at radius 1 is 1.38 bits per heavy atom. The van der Waals surface area contributed by atoms with E-state index in [-0.39, 0.29) is 16.9 Å². The molecule has 0 aliphatic carbocycles. The first-order chi connectivity index (χ1) is 10.1. The van der Waals surface area contributed by atoms with Gasteiger partial charge in [-0.05, 0) is 24.3 Å². The second-order valence-corrected chi connectivity index (χ2v) is 3.91. The van der Waals surface area contributed by atoms with Gasteiger partial charge in [0.25, 0.3) is 11.5 Å². The molecule has 106 valence electrons. The normalized spacial score (nSPS) is 9.62. The topological polar surface area (TPSA) is 95.1 Å².